The molecule has 2 aromatic rings. The third-order valence-electron chi connectivity index (χ3n) is 4.17. The highest BCUT2D eigenvalue weighted by Crippen LogP contribution is 2.15. The Hall–Kier alpha value is -2.70. The summed E-state index contributed by atoms with van der Waals surface area (Å²) in [5.41, 5.74) is 4.53. The number of carbonyl (C=O) groups is 2. The van der Waals surface area contributed by atoms with Crippen molar-refractivity contribution in [2.75, 3.05) is 0 Å². The first kappa shape index (κ1) is 22.6. The van der Waals surface area contributed by atoms with Crippen molar-refractivity contribution in [3.05, 3.63) is 69.8 Å². The van der Waals surface area contributed by atoms with Gasteiger partial charge in [-0.2, -0.15) is 0 Å². The van der Waals surface area contributed by atoms with Gasteiger partial charge >= 0.3 is 11.9 Å². The predicted molar refractivity (Wildman–Crippen MR) is 108 cm³/mol. The second-order valence-corrected chi connectivity index (χ2v) is 7.26. The number of hydrogen-bond donors (Lipinski definition) is 0. The van der Waals surface area contributed by atoms with Gasteiger partial charge in [0.2, 0.25) is 6.29 Å². The molecule has 0 spiro atoms. The second kappa shape index (κ2) is 10.7. The zero-order chi connectivity index (χ0) is 21.4. The van der Waals surface area contributed by atoms with E-state index in [-0.39, 0.29) is 0 Å². The Balaban J connectivity index is 1.96. The van der Waals surface area contributed by atoms with Crippen LogP contribution in [0, 0.1) is 27.7 Å². The van der Waals surface area contributed by atoms with Crippen LogP contribution in [0.2, 0.25) is 0 Å². The van der Waals surface area contributed by atoms with Crippen molar-refractivity contribution in [2.24, 2.45) is 0 Å². The number of rotatable bonds is 9. The highest BCUT2D eigenvalue weighted by molar-refractivity contribution is 5.90. The topological polar surface area (TPSA) is 71.1 Å². The minimum Gasteiger partial charge on any atom is -0.290 e. The molecular weight excluding hydrogens is 372 g/mol. The van der Waals surface area contributed by atoms with E-state index in [0.29, 0.717) is 17.5 Å². The van der Waals surface area contributed by atoms with E-state index in [0.717, 1.165) is 35.1 Å². The Morgan fingerprint density at radius 2 is 1.10 bits per heavy atom. The van der Waals surface area contributed by atoms with E-state index < -0.39 is 18.2 Å². The lowest BCUT2D eigenvalue weighted by Gasteiger charge is -2.15. The third-order valence-corrected chi connectivity index (χ3v) is 4.17. The summed E-state index contributed by atoms with van der Waals surface area (Å²) in [4.78, 5) is 44.6. The summed E-state index contributed by atoms with van der Waals surface area (Å²) in [5, 5.41) is 0. The Labute approximate surface area is 171 Å². The summed E-state index contributed by atoms with van der Waals surface area (Å²) >= 11 is 0. The molecule has 0 heterocycles. The van der Waals surface area contributed by atoms with Crippen molar-refractivity contribution in [1.82, 2.24) is 0 Å². The standard InChI is InChI=1S/C23H28O6/c1-6-7-8-21(26-28-22(24)19-11-15(2)9-16(3)12-19)27-29-23(25)20-13-17(4)10-18(5)14-20/h9-14,21H,6-8H2,1-5H3. The van der Waals surface area contributed by atoms with Gasteiger partial charge in [0.1, 0.15) is 0 Å². The van der Waals surface area contributed by atoms with Gasteiger partial charge in [0.25, 0.3) is 0 Å². The molecule has 29 heavy (non-hydrogen) atoms. The fraction of sp³-hybridized carbons (Fsp3) is 0.391. The van der Waals surface area contributed by atoms with Gasteiger partial charge in [0, 0.05) is 6.42 Å². The molecule has 0 bridgehead atoms. The molecule has 0 amide bonds. The molecule has 0 radical (unpaired) electrons. The molecule has 0 fully saturated rings. The van der Waals surface area contributed by atoms with Crippen LogP contribution in [-0.2, 0) is 19.6 Å². The highest BCUT2D eigenvalue weighted by atomic mass is 17.3. The van der Waals surface area contributed by atoms with E-state index in [1.807, 2.05) is 46.8 Å². The maximum absolute atomic E-state index is 12.3. The SMILES string of the molecule is CCCCC(OOC(=O)c1cc(C)cc(C)c1)OOC(=O)c1cc(C)cc(C)c1. The van der Waals surface area contributed by atoms with Gasteiger partial charge < -0.3 is 0 Å². The van der Waals surface area contributed by atoms with E-state index >= 15 is 0 Å². The lowest BCUT2D eigenvalue weighted by molar-refractivity contribution is -0.421. The largest absolute Gasteiger partial charge is 0.373 e. The average molecular weight is 400 g/mol. The monoisotopic (exact) mass is 400 g/mol. The number of carbonyl (C=O) groups excluding carboxylic acids is 2. The first-order valence-corrected chi connectivity index (χ1v) is 9.70. The van der Waals surface area contributed by atoms with E-state index in [9.17, 15) is 9.59 Å². The molecule has 0 N–H and O–H groups in total. The lowest BCUT2D eigenvalue weighted by atomic mass is 10.1. The van der Waals surface area contributed by atoms with E-state index in [2.05, 4.69) is 0 Å². The molecule has 2 aromatic carbocycles. The number of unbranched alkanes of at least 4 members (excludes halogenated alkanes) is 1. The van der Waals surface area contributed by atoms with Crippen molar-refractivity contribution in [3.8, 4) is 0 Å². The molecule has 0 saturated heterocycles. The molecule has 0 unspecified atom stereocenters. The summed E-state index contributed by atoms with van der Waals surface area (Å²) in [7, 11) is 0. The fourth-order valence-corrected chi connectivity index (χ4v) is 2.96. The molecule has 6 nitrogen and oxygen atoms in total. The summed E-state index contributed by atoms with van der Waals surface area (Å²) in [5.74, 6) is -1.27. The fourth-order valence-electron chi connectivity index (χ4n) is 2.96. The van der Waals surface area contributed by atoms with Gasteiger partial charge in [-0.05, 0) is 58.4 Å². The number of benzene rings is 2. The maximum Gasteiger partial charge on any atom is 0.373 e. The molecule has 0 aromatic heterocycles. The smallest absolute Gasteiger partial charge is 0.290 e. The quantitative estimate of drug-likeness (QED) is 0.323. The third kappa shape index (κ3) is 7.33. The van der Waals surface area contributed by atoms with E-state index in [1.165, 1.54) is 0 Å². The van der Waals surface area contributed by atoms with Crippen molar-refractivity contribution in [3.63, 3.8) is 0 Å². The first-order chi connectivity index (χ1) is 13.8. The van der Waals surface area contributed by atoms with Crippen LogP contribution >= 0.6 is 0 Å². The van der Waals surface area contributed by atoms with E-state index in [1.54, 1.807) is 24.3 Å². The van der Waals surface area contributed by atoms with Crippen LogP contribution in [0.3, 0.4) is 0 Å². The lowest BCUT2D eigenvalue weighted by Crippen LogP contribution is -2.22. The average Bonchev–Trinajstić information content (AvgIpc) is 2.65. The van der Waals surface area contributed by atoms with Gasteiger partial charge in [-0.15, -0.1) is 9.78 Å². The van der Waals surface area contributed by atoms with Gasteiger partial charge in [-0.3, -0.25) is 9.78 Å². The number of aryl methyl sites for hydroxylation is 4. The summed E-state index contributed by atoms with van der Waals surface area (Å²) in [6.45, 7) is 9.57. The van der Waals surface area contributed by atoms with Crippen LogP contribution in [0.4, 0.5) is 0 Å². The van der Waals surface area contributed by atoms with Gasteiger partial charge in [-0.25, -0.2) is 9.59 Å². The molecule has 156 valence electrons. The van der Waals surface area contributed by atoms with Crippen LogP contribution in [0.15, 0.2) is 36.4 Å². The van der Waals surface area contributed by atoms with Gasteiger partial charge in [0.05, 0.1) is 11.1 Å². The first-order valence-electron chi connectivity index (χ1n) is 9.70. The Bertz CT molecular complexity index is 750. The van der Waals surface area contributed by atoms with E-state index in [4.69, 9.17) is 19.6 Å². The van der Waals surface area contributed by atoms with Crippen LogP contribution in [0.25, 0.3) is 0 Å². The molecule has 6 heteroatoms. The Morgan fingerprint density at radius 1 is 0.724 bits per heavy atom. The van der Waals surface area contributed by atoms with Crippen molar-refractivity contribution in [2.45, 2.75) is 60.2 Å². The molecule has 0 saturated carbocycles. The Morgan fingerprint density at radius 3 is 1.45 bits per heavy atom. The normalized spacial score (nSPS) is 10.8. The van der Waals surface area contributed by atoms with Gasteiger partial charge in [-0.1, -0.05) is 47.7 Å². The van der Waals surface area contributed by atoms with Crippen LogP contribution in [0.1, 0.15) is 69.2 Å². The highest BCUT2D eigenvalue weighted by Gasteiger charge is 2.19. The molecule has 0 atom stereocenters. The summed E-state index contributed by atoms with van der Waals surface area (Å²) < 4.78 is 0. The minimum atomic E-state index is -1.01. The zero-order valence-electron chi connectivity index (χ0n) is 17.6. The minimum absolute atomic E-state index is 0.379. The van der Waals surface area contributed by atoms with Gasteiger partial charge in [0.15, 0.2) is 0 Å². The molecule has 2 rings (SSSR count). The second-order valence-electron chi connectivity index (χ2n) is 7.26. The summed E-state index contributed by atoms with van der Waals surface area (Å²) in [6.07, 6.45) is 1.00. The molecule has 0 aliphatic rings. The number of hydrogen-bond acceptors (Lipinski definition) is 6. The van der Waals surface area contributed by atoms with Crippen molar-refractivity contribution in [1.29, 1.82) is 0 Å². The summed E-state index contributed by atoms with van der Waals surface area (Å²) in [6, 6.07) is 10.7. The van der Waals surface area contributed by atoms with Crippen molar-refractivity contribution >= 4 is 11.9 Å². The Kier molecular flexibility index (Phi) is 8.36. The van der Waals surface area contributed by atoms with Crippen LogP contribution in [0.5, 0.6) is 0 Å². The predicted octanol–water partition coefficient (Wildman–Crippen LogP) is 5.31. The van der Waals surface area contributed by atoms with Crippen LogP contribution in [-0.4, -0.2) is 18.2 Å². The van der Waals surface area contributed by atoms with Crippen molar-refractivity contribution < 1.29 is 29.1 Å². The molecule has 0 aliphatic heterocycles. The molecular formula is C23H28O6. The maximum atomic E-state index is 12.3. The van der Waals surface area contributed by atoms with Crippen LogP contribution < -0.4 is 0 Å². The molecule has 0 aliphatic carbocycles. The zero-order valence-corrected chi connectivity index (χ0v) is 17.6.